The average molecular weight is 377 g/mol. The maximum absolute atomic E-state index is 12.6. The normalized spacial score (nSPS) is 16.7. The van der Waals surface area contributed by atoms with Gasteiger partial charge in [0.2, 0.25) is 5.91 Å². The van der Waals surface area contributed by atoms with Crippen LogP contribution in [0.1, 0.15) is 28.8 Å². The van der Waals surface area contributed by atoms with E-state index in [4.69, 9.17) is 23.2 Å². The molecule has 0 spiro atoms. The van der Waals surface area contributed by atoms with E-state index in [1.165, 1.54) is 0 Å². The van der Waals surface area contributed by atoms with Crippen LogP contribution in [0.25, 0.3) is 0 Å². The Bertz CT molecular complexity index is 780. The number of hydrogen-bond donors (Lipinski definition) is 1. The van der Waals surface area contributed by atoms with Crippen molar-refractivity contribution in [3.05, 3.63) is 69.7 Å². The van der Waals surface area contributed by atoms with Gasteiger partial charge in [-0.3, -0.25) is 9.59 Å². The van der Waals surface area contributed by atoms with Crippen LogP contribution in [0.15, 0.2) is 48.5 Å². The molecule has 1 aliphatic rings. The molecule has 6 heteroatoms. The summed E-state index contributed by atoms with van der Waals surface area (Å²) < 4.78 is 0. The minimum absolute atomic E-state index is 0.109. The van der Waals surface area contributed by atoms with Gasteiger partial charge in [0, 0.05) is 28.7 Å². The number of nitrogens with zero attached hydrogens (tertiary/aromatic N) is 1. The Morgan fingerprint density at radius 1 is 1.12 bits per heavy atom. The first-order valence-electron chi connectivity index (χ1n) is 8.14. The molecule has 1 fully saturated rings. The van der Waals surface area contributed by atoms with Crippen LogP contribution in [0.3, 0.4) is 0 Å². The third-order valence-corrected chi connectivity index (χ3v) is 4.89. The number of hydrogen-bond acceptors (Lipinski definition) is 2. The van der Waals surface area contributed by atoms with Gasteiger partial charge < -0.3 is 10.2 Å². The molecule has 1 heterocycles. The Balaban J connectivity index is 1.65. The van der Waals surface area contributed by atoms with Gasteiger partial charge in [-0.15, -0.1) is 0 Å². The van der Waals surface area contributed by atoms with Gasteiger partial charge in [0.1, 0.15) is 6.04 Å². The van der Waals surface area contributed by atoms with Crippen LogP contribution in [0.4, 0.5) is 0 Å². The molecule has 0 aromatic heterocycles. The highest BCUT2D eigenvalue weighted by atomic mass is 35.5. The van der Waals surface area contributed by atoms with Crippen molar-refractivity contribution in [3.8, 4) is 0 Å². The van der Waals surface area contributed by atoms with E-state index in [1.54, 1.807) is 35.2 Å². The van der Waals surface area contributed by atoms with Crippen molar-refractivity contribution < 1.29 is 9.59 Å². The number of carbonyl (C=O) groups is 2. The van der Waals surface area contributed by atoms with E-state index in [2.05, 4.69) is 5.32 Å². The molecular formula is C19H18Cl2N2O2. The van der Waals surface area contributed by atoms with Gasteiger partial charge in [0.15, 0.2) is 0 Å². The SMILES string of the molecule is O=C(NCc1ccc(Cl)cc1Cl)C1CCCN1C(=O)c1ccccc1. The van der Waals surface area contributed by atoms with Crippen LogP contribution in [-0.2, 0) is 11.3 Å². The van der Waals surface area contributed by atoms with E-state index in [0.29, 0.717) is 35.1 Å². The number of amides is 2. The van der Waals surface area contributed by atoms with Gasteiger partial charge in [-0.1, -0.05) is 47.5 Å². The summed E-state index contributed by atoms with van der Waals surface area (Å²) in [6.45, 7) is 0.895. The zero-order valence-electron chi connectivity index (χ0n) is 13.5. The fourth-order valence-electron chi connectivity index (χ4n) is 2.99. The van der Waals surface area contributed by atoms with E-state index in [9.17, 15) is 9.59 Å². The summed E-state index contributed by atoms with van der Waals surface area (Å²) in [7, 11) is 0. The van der Waals surface area contributed by atoms with Gasteiger partial charge >= 0.3 is 0 Å². The number of likely N-dealkylation sites (tertiary alicyclic amines) is 1. The molecule has 1 unspecified atom stereocenters. The summed E-state index contributed by atoms with van der Waals surface area (Å²) in [6, 6.07) is 13.8. The molecule has 0 saturated carbocycles. The number of halogens is 2. The van der Waals surface area contributed by atoms with Crippen molar-refractivity contribution in [1.29, 1.82) is 0 Å². The summed E-state index contributed by atoms with van der Waals surface area (Å²) in [5.41, 5.74) is 1.39. The Hall–Kier alpha value is -2.04. The molecule has 2 amide bonds. The molecule has 0 radical (unpaired) electrons. The number of carbonyl (C=O) groups excluding carboxylic acids is 2. The molecule has 2 aromatic rings. The fourth-order valence-corrected chi connectivity index (χ4v) is 3.47. The number of nitrogens with one attached hydrogen (secondary N) is 1. The molecule has 25 heavy (non-hydrogen) atoms. The zero-order chi connectivity index (χ0) is 17.8. The maximum atomic E-state index is 12.6. The topological polar surface area (TPSA) is 49.4 Å². The Morgan fingerprint density at radius 2 is 1.88 bits per heavy atom. The zero-order valence-corrected chi connectivity index (χ0v) is 15.1. The minimum atomic E-state index is -0.446. The third-order valence-electron chi connectivity index (χ3n) is 4.31. The van der Waals surface area contributed by atoms with Crippen molar-refractivity contribution in [2.24, 2.45) is 0 Å². The first-order valence-corrected chi connectivity index (χ1v) is 8.89. The van der Waals surface area contributed by atoms with Crippen LogP contribution in [0.5, 0.6) is 0 Å². The lowest BCUT2D eigenvalue weighted by Gasteiger charge is -2.24. The molecule has 130 valence electrons. The molecule has 3 rings (SSSR count). The molecule has 1 aliphatic heterocycles. The van der Waals surface area contributed by atoms with E-state index in [0.717, 1.165) is 12.0 Å². The lowest BCUT2D eigenvalue weighted by Crippen LogP contribution is -2.45. The van der Waals surface area contributed by atoms with E-state index < -0.39 is 6.04 Å². The second-order valence-electron chi connectivity index (χ2n) is 5.98. The van der Waals surface area contributed by atoms with E-state index >= 15 is 0 Å². The summed E-state index contributed by atoms with van der Waals surface area (Å²) in [6.07, 6.45) is 1.48. The predicted molar refractivity (Wildman–Crippen MR) is 98.8 cm³/mol. The first-order chi connectivity index (χ1) is 12.1. The van der Waals surface area contributed by atoms with Gasteiger partial charge in [-0.05, 0) is 42.7 Å². The molecule has 1 N–H and O–H groups in total. The summed E-state index contributed by atoms with van der Waals surface area (Å²) >= 11 is 12.0. The van der Waals surface area contributed by atoms with Gasteiger partial charge in [0.25, 0.3) is 5.91 Å². The molecule has 4 nitrogen and oxygen atoms in total. The Kier molecular flexibility index (Phi) is 5.61. The van der Waals surface area contributed by atoms with Crippen LogP contribution in [0, 0.1) is 0 Å². The number of benzene rings is 2. The summed E-state index contributed by atoms with van der Waals surface area (Å²) in [5.74, 6) is -0.268. The smallest absolute Gasteiger partial charge is 0.254 e. The standard InChI is InChI=1S/C19H18Cl2N2O2/c20-15-9-8-14(16(21)11-15)12-22-18(24)17-7-4-10-23(17)19(25)13-5-2-1-3-6-13/h1-3,5-6,8-9,11,17H,4,7,10,12H2,(H,22,24). The summed E-state index contributed by atoms with van der Waals surface area (Å²) in [5, 5.41) is 3.94. The van der Waals surface area contributed by atoms with Crippen molar-refractivity contribution in [2.45, 2.75) is 25.4 Å². The lowest BCUT2D eigenvalue weighted by atomic mass is 10.1. The van der Waals surface area contributed by atoms with Crippen LogP contribution >= 0.6 is 23.2 Å². The Morgan fingerprint density at radius 3 is 2.60 bits per heavy atom. The molecule has 1 atom stereocenters. The third kappa shape index (κ3) is 4.14. The van der Waals surface area contributed by atoms with Crippen LogP contribution < -0.4 is 5.32 Å². The Labute approximate surface area is 156 Å². The quantitative estimate of drug-likeness (QED) is 0.878. The first kappa shape index (κ1) is 17.8. The van der Waals surface area contributed by atoms with E-state index in [-0.39, 0.29) is 11.8 Å². The van der Waals surface area contributed by atoms with Gasteiger partial charge in [-0.25, -0.2) is 0 Å². The van der Waals surface area contributed by atoms with Crippen molar-refractivity contribution in [3.63, 3.8) is 0 Å². The highest BCUT2D eigenvalue weighted by Gasteiger charge is 2.34. The van der Waals surface area contributed by atoms with E-state index in [1.807, 2.05) is 18.2 Å². The second-order valence-corrected chi connectivity index (χ2v) is 6.82. The fraction of sp³-hybridized carbons (Fsp3) is 0.263. The summed E-state index contributed by atoms with van der Waals surface area (Å²) in [4.78, 5) is 26.9. The van der Waals surface area contributed by atoms with Crippen molar-refractivity contribution in [1.82, 2.24) is 10.2 Å². The lowest BCUT2D eigenvalue weighted by molar-refractivity contribution is -0.125. The van der Waals surface area contributed by atoms with Crippen molar-refractivity contribution >= 4 is 35.0 Å². The monoisotopic (exact) mass is 376 g/mol. The number of rotatable bonds is 4. The average Bonchev–Trinajstić information content (AvgIpc) is 3.10. The highest BCUT2D eigenvalue weighted by Crippen LogP contribution is 2.22. The van der Waals surface area contributed by atoms with Crippen molar-refractivity contribution in [2.75, 3.05) is 6.54 Å². The van der Waals surface area contributed by atoms with Crippen LogP contribution in [-0.4, -0.2) is 29.3 Å². The largest absolute Gasteiger partial charge is 0.350 e. The maximum Gasteiger partial charge on any atom is 0.254 e. The van der Waals surface area contributed by atoms with Gasteiger partial charge in [-0.2, -0.15) is 0 Å². The molecule has 1 saturated heterocycles. The predicted octanol–water partition coefficient (Wildman–Crippen LogP) is 3.91. The second kappa shape index (κ2) is 7.89. The highest BCUT2D eigenvalue weighted by molar-refractivity contribution is 6.35. The molecule has 0 bridgehead atoms. The van der Waals surface area contributed by atoms with Gasteiger partial charge in [0.05, 0.1) is 0 Å². The molecule has 2 aromatic carbocycles. The molecular weight excluding hydrogens is 359 g/mol. The molecule has 0 aliphatic carbocycles. The minimum Gasteiger partial charge on any atom is -0.350 e. The van der Waals surface area contributed by atoms with Crippen LogP contribution in [0.2, 0.25) is 10.0 Å².